The Bertz CT molecular complexity index is 794. The Morgan fingerprint density at radius 1 is 1.28 bits per heavy atom. The van der Waals surface area contributed by atoms with Gasteiger partial charge in [0.25, 0.3) is 5.91 Å². The van der Waals surface area contributed by atoms with Gasteiger partial charge in [0.2, 0.25) is 5.91 Å². The molecule has 2 amide bonds. The first kappa shape index (κ1) is 16.8. The maximum Gasteiger partial charge on any atom is 0.260 e. The number of fused-ring (bicyclic) bond motifs is 1. The van der Waals surface area contributed by atoms with Crippen LogP contribution in [0.25, 0.3) is 6.08 Å². The topological polar surface area (TPSA) is 71.8 Å². The van der Waals surface area contributed by atoms with Crippen molar-refractivity contribution in [1.29, 1.82) is 0 Å². The van der Waals surface area contributed by atoms with Crippen LogP contribution in [-0.4, -0.2) is 36.4 Å². The van der Waals surface area contributed by atoms with E-state index in [1.807, 2.05) is 37.3 Å². The standard InChI is InChI=1S/C19H20N2O4/c1-14-6-7-16(25-14)8-9-18(22)20-10-11-21-12-15-4-2-3-5-17(15)24-13-19(21)23/h2-9H,10-13H2,1H3,(H,20,22)/b9-8+. The maximum absolute atomic E-state index is 12.1. The van der Waals surface area contributed by atoms with Gasteiger partial charge in [-0.3, -0.25) is 9.59 Å². The fourth-order valence-corrected chi connectivity index (χ4v) is 2.58. The normalized spacial score (nSPS) is 14.1. The Labute approximate surface area is 146 Å². The lowest BCUT2D eigenvalue weighted by Gasteiger charge is -2.19. The van der Waals surface area contributed by atoms with E-state index in [0.717, 1.165) is 17.1 Å². The van der Waals surface area contributed by atoms with Crippen LogP contribution in [0.4, 0.5) is 0 Å². The summed E-state index contributed by atoms with van der Waals surface area (Å²) in [5.74, 6) is 1.84. The van der Waals surface area contributed by atoms with Gasteiger partial charge in [0.05, 0.1) is 0 Å². The lowest BCUT2D eigenvalue weighted by molar-refractivity contribution is -0.133. The van der Waals surface area contributed by atoms with E-state index < -0.39 is 0 Å². The third-order valence-electron chi connectivity index (χ3n) is 3.88. The van der Waals surface area contributed by atoms with Crippen molar-refractivity contribution in [2.45, 2.75) is 13.5 Å². The number of hydrogen-bond donors (Lipinski definition) is 1. The van der Waals surface area contributed by atoms with Crippen LogP contribution < -0.4 is 10.1 Å². The van der Waals surface area contributed by atoms with Gasteiger partial charge in [-0.15, -0.1) is 0 Å². The average Bonchev–Trinajstić information content (AvgIpc) is 2.96. The second-order valence-electron chi connectivity index (χ2n) is 5.78. The van der Waals surface area contributed by atoms with Gasteiger partial charge in [0.15, 0.2) is 6.61 Å². The highest BCUT2D eigenvalue weighted by molar-refractivity contribution is 5.91. The third-order valence-corrected chi connectivity index (χ3v) is 3.88. The number of nitrogens with zero attached hydrogens (tertiary/aromatic N) is 1. The first-order valence-corrected chi connectivity index (χ1v) is 8.12. The van der Waals surface area contributed by atoms with Crippen LogP contribution in [0.2, 0.25) is 0 Å². The monoisotopic (exact) mass is 340 g/mol. The summed E-state index contributed by atoms with van der Waals surface area (Å²) in [7, 11) is 0. The molecular weight excluding hydrogens is 320 g/mol. The molecule has 0 saturated carbocycles. The van der Waals surface area contributed by atoms with Crippen LogP contribution in [0.1, 0.15) is 17.1 Å². The Morgan fingerprint density at radius 3 is 2.92 bits per heavy atom. The molecule has 2 aromatic rings. The number of nitrogens with one attached hydrogen (secondary N) is 1. The molecule has 1 aromatic heterocycles. The molecule has 6 heteroatoms. The first-order chi connectivity index (χ1) is 12.1. The maximum atomic E-state index is 12.1. The van der Waals surface area contributed by atoms with E-state index in [2.05, 4.69) is 5.32 Å². The largest absolute Gasteiger partial charge is 0.483 e. The average molecular weight is 340 g/mol. The summed E-state index contributed by atoms with van der Waals surface area (Å²) < 4.78 is 10.9. The molecular formula is C19H20N2O4. The second kappa shape index (κ2) is 7.70. The van der Waals surface area contributed by atoms with Gasteiger partial charge in [0, 0.05) is 31.3 Å². The number of carbonyl (C=O) groups excluding carboxylic acids is 2. The Balaban J connectivity index is 1.50. The predicted molar refractivity (Wildman–Crippen MR) is 92.8 cm³/mol. The number of benzene rings is 1. The minimum absolute atomic E-state index is 0.0166. The Kier molecular flexibility index (Phi) is 5.18. The first-order valence-electron chi connectivity index (χ1n) is 8.12. The number of aryl methyl sites for hydroxylation is 1. The van der Waals surface area contributed by atoms with Crippen molar-refractivity contribution in [3.05, 3.63) is 59.6 Å². The number of carbonyl (C=O) groups is 2. The Hall–Kier alpha value is -3.02. The van der Waals surface area contributed by atoms with Gasteiger partial charge in [0.1, 0.15) is 17.3 Å². The molecule has 0 radical (unpaired) electrons. The van der Waals surface area contributed by atoms with Gasteiger partial charge >= 0.3 is 0 Å². The van der Waals surface area contributed by atoms with Crippen molar-refractivity contribution in [1.82, 2.24) is 10.2 Å². The fraction of sp³-hybridized carbons (Fsp3) is 0.263. The zero-order valence-corrected chi connectivity index (χ0v) is 14.0. The molecule has 6 nitrogen and oxygen atoms in total. The molecule has 0 saturated heterocycles. The molecule has 0 bridgehead atoms. The van der Waals surface area contributed by atoms with Crippen LogP contribution in [0, 0.1) is 6.92 Å². The van der Waals surface area contributed by atoms with Crippen molar-refractivity contribution in [2.24, 2.45) is 0 Å². The van der Waals surface area contributed by atoms with Crippen LogP contribution in [0.15, 0.2) is 46.9 Å². The van der Waals surface area contributed by atoms with E-state index in [9.17, 15) is 9.59 Å². The van der Waals surface area contributed by atoms with E-state index in [4.69, 9.17) is 9.15 Å². The summed E-state index contributed by atoms with van der Waals surface area (Å²) in [5.41, 5.74) is 0.966. The van der Waals surface area contributed by atoms with Crippen LogP contribution in [0.5, 0.6) is 5.75 Å². The summed E-state index contributed by atoms with van der Waals surface area (Å²) in [4.78, 5) is 25.7. The van der Waals surface area contributed by atoms with Gasteiger partial charge in [-0.05, 0) is 31.2 Å². The summed E-state index contributed by atoms with van der Waals surface area (Å²) in [5, 5.41) is 2.77. The zero-order valence-electron chi connectivity index (χ0n) is 14.0. The molecule has 1 aromatic carbocycles. The minimum atomic E-state index is -0.229. The van der Waals surface area contributed by atoms with Gasteiger partial charge < -0.3 is 19.4 Å². The van der Waals surface area contributed by atoms with E-state index in [1.54, 1.807) is 17.0 Å². The van der Waals surface area contributed by atoms with Crippen molar-refractivity contribution < 1.29 is 18.7 Å². The zero-order chi connectivity index (χ0) is 17.6. The van der Waals surface area contributed by atoms with Crippen molar-refractivity contribution >= 4 is 17.9 Å². The van der Waals surface area contributed by atoms with Gasteiger partial charge in [-0.1, -0.05) is 18.2 Å². The molecule has 2 heterocycles. The number of rotatable bonds is 5. The molecule has 1 N–H and O–H groups in total. The van der Waals surface area contributed by atoms with Gasteiger partial charge in [-0.25, -0.2) is 0 Å². The van der Waals surface area contributed by atoms with E-state index in [1.165, 1.54) is 6.08 Å². The van der Waals surface area contributed by atoms with E-state index >= 15 is 0 Å². The highest BCUT2D eigenvalue weighted by Gasteiger charge is 2.20. The molecule has 1 aliphatic rings. The lowest BCUT2D eigenvalue weighted by Crippen LogP contribution is -2.38. The molecule has 0 unspecified atom stereocenters. The predicted octanol–water partition coefficient (Wildman–Crippen LogP) is 2.14. The number of para-hydroxylation sites is 1. The fourth-order valence-electron chi connectivity index (χ4n) is 2.58. The number of amides is 2. The third kappa shape index (κ3) is 4.50. The molecule has 3 rings (SSSR count). The summed E-state index contributed by atoms with van der Waals surface area (Å²) in [6.45, 7) is 3.14. The number of furan rings is 1. The molecule has 0 fully saturated rings. The number of ether oxygens (including phenoxy) is 1. The Morgan fingerprint density at radius 2 is 2.12 bits per heavy atom. The van der Waals surface area contributed by atoms with Crippen LogP contribution in [-0.2, 0) is 16.1 Å². The molecule has 0 atom stereocenters. The van der Waals surface area contributed by atoms with E-state index in [0.29, 0.717) is 25.4 Å². The van der Waals surface area contributed by atoms with Gasteiger partial charge in [-0.2, -0.15) is 0 Å². The minimum Gasteiger partial charge on any atom is -0.483 e. The molecule has 0 spiro atoms. The summed E-state index contributed by atoms with van der Waals surface area (Å²) in [6.07, 6.45) is 3.03. The number of hydrogen-bond acceptors (Lipinski definition) is 4. The van der Waals surface area contributed by atoms with Crippen molar-refractivity contribution in [3.63, 3.8) is 0 Å². The van der Waals surface area contributed by atoms with Crippen molar-refractivity contribution in [2.75, 3.05) is 19.7 Å². The highest BCUT2D eigenvalue weighted by Crippen LogP contribution is 2.22. The lowest BCUT2D eigenvalue weighted by atomic mass is 10.2. The highest BCUT2D eigenvalue weighted by atomic mass is 16.5. The molecule has 130 valence electrons. The summed E-state index contributed by atoms with van der Waals surface area (Å²) >= 11 is 0. The second-order valence-corrected chi connectivity index (χ2v) is 5.78. The van der Waals surface area contributed by atoms with Crippen LogP contribution in [0.3, 0.4) is 0 Å². The quantitative estimate of drug-likeness (QED) is 0.847. The van der Waals surface area contributed by atoms with E-state index in [-0.39, 0.29) is 18.4 Å². The smallest absolute Gasteiger partial charge is 0.260 e. The van der Waals surface area contributed by atoms with Crippen molar-refractivity contribution in [3.8, 4) is 5.75 Å². The SMILES string of the molecule is Cc1ccc(/C=C/C(=O)NCCN2Cc3ccccc3OCC2=O)o1. The summed E-state index contributed by atoms with van der Waals surface area (Å²) in [6, 6.07) is 11.2. The molecule has 25 heavy (non-hydrogen) atoms. The van der Waals surface area contributed by atoms with Crippen LogP contribution >= 0.6 is 0 Å². The molecule has 0 aliphatic carbocycles. The molecule has 1 aliphatic heterocycles.